The minimum atomic E-state index is -4.59. The van der Waals surface area contributed by atoms with Crippen molar-refractivity contribution in [2.75, 3.05) is 0 Å². The molecule has 0 fully saturated rings. The van der Waals surface area contributed by atoms with Crippen molar-refractivity contribution in [3.63, 3.8) is 0 Å². The van der Waals surface area contributed by atoms with Gasteiger partial charge >= 0.3 is 6.18 Å². The number of benzene rings is 1. The van der Waals surface area contributed by atoms with Gasteiger partial charge in [0.1, 0.15) is 5.82 Å². The maximum Gasteiger partial charge on any atom is 0.416 e. The van der Waals surface area contributed by atoms with Crippen LogP contribution in [-0.2, 0) is 6.18 Å². The molecule has 0 atom stereocenters. The number of aromatic nitrogens is 1. The highest BCUT2D eigenvalue weighted by molar-refractivity contribution is 7.71. The number of rotatable bonds is 1. The van der Waals surface area contributed by atoms with Crippen LogP contribution < -0.4 is 0 Å². The fraction of sp³-hybridized carbons (Fsp3) is 0.0833. The summed E-state index contributed by atoms with van der Waals surface area (Å²) in [6.45, 7) is 0. The Morgan fingerprint density at radius 3 is 2.44 bits per heavy atom. The summed E-state index contributed by atoms with van der Waals surface area (Å²) in [5.74, 6) is -0.946. The van der Waals surface area contributed by atoms with E-state index in [0.29, 0.717) is 16.1 Å². The maximum absolute atomic E-state index is 13.2. The first-order valence-electron chi connectivity index (χ1n) is 4.93. The van der Waals surface area contributed by atoms with Gasteiger partial charge in [-0.2, -0.15) is 13.2 Å². The van der Waals surface area contributed by atoms with Crippen LogP contribution in [0, 0.1) is 10.3 Å². The SMILES string of the molecule is Fc1cc(-c2c[nH]ccc2=S)cc(C(F)(F)F)c1. The molecule has 0 amide bonds. The third-order valence-electron chi connectivity index (χ3n) is 2.36. The molecule has 1 heterocycles. The number of H-pyrrole nitrogens is 1. The van der Waals surface area contributed by atoms with E-state index in [0.717, 1.165) is 12.1 Å². The fourth-order valence-corrected chi connectivity index (χ4v) is 1.80. The van der Waals surface area contributed by atoms with E-state index in [2.05, 4.69) is 4.98 Å². The monoisotopic (exact) mass is 273 g/mol. The number of alkyl halides is 3. The lowest BCUT2D eigenvalue weighted by molar-refractivity contribution is -0.137. The van der Waals surface area contributed by atoms with Crippen LogP contribution in [0.5, 0.6) is 0 Å². The molecule has 0 bridgehead atoms. The summed E-state index contributed by atoms with van der Waals surface area (Å²) < 4.78 is 51.3. The second-order valence-corrected chi connectivity index (χ2v) is 4.09. The van der Waals surface area contributed by atoms with Gasteiger partial charge in [-0.05, 0) is 29.8 Å². The highest BCUT2D eigenvalue weighted by Crippen LogP contribution is 2.33. The van der Waals surface area contributed by atoms with Crippen LogP contribution in [0.4, 0.5) is 17.6 Å². The van der Waals surface area contributed by atoms with Crippen LogP contribution in [-0.4, -0.2) is 4.98 Å². The first kappa shape index (κ1) is 12.8. The maximum atomic E-state index is 13.2. The van der Waals surface area contributed by atoms with Crippen LogP contribution in [0.25, 0.3) is 11.1 Å². The molecule has 94 valence electrons. The topological polar surface area (TPSA) is 15.8 Å². The van der Waals surface area contributed by atoms with Gasteiger partial charge in [-0.25, -0.2) is 4.39 Å². The average Bonchev–Trinajstić information content (AvgIpc) is 2.27. The summed E-state index contributed by atoms with van der Waals surface area (Å²) in [7, 11) is 0. The Morgan fingerprint density at radius 1 is 1.11 bits per heavy atom. The molecule has 2 aromatic rings. The highest BCUT2D eigenvalue weighted by Gasteiger charge is 2.31. The van der Waals surface area contributed by atoms with Gasteiger partial charge in [0.05, 0.1) is 5.56 Å². The quantitative estimate of drug-likeness (QED) is 0.594. The van der Waals surface area contributed by atoms with E-state index in [-0.39, 0.29) is 5.56 Å². The molecule has 0 spiro atoms. The van der Waals surface area contributed by atoms with E-state index < -0.39 is 17.6 Å². The van der Waals surface area contributed by atoms with Crippen molar-refractivity contribution in [3.8, 4) is 11.1 Å². The molecule has 0 saturated heterocycles. The first-order valence-corrected chi connectivity index (χ1v) is 5.34. The lowest BCUT2D eigenvalue weighted by Crippen LogP contribution is -2.05. The van der Waals surface area contributed by atoms with E-state index in [1.54, 1.807) is 6.20 Å². The van der Waals surface area contributed by atoms with Crippen LogP contribution in [0.15, 0.2) is 36.7 Å². The normalized spacial score (nSPS) is 11.6. The van der Waals surface area contributed by atoms with Gasteiger partial charge in [-0.15, -0.1) is 0 Å². The van der Waals surface area contributed by atoms with Crippen LogP contribution in [0.2, 0.25) is 0 Å². The van der Waals surface area contributed by atoms with Crippen molar-refractivity contribution in [2.45, 2.75) is 6.18 Å². The van der Waals surface area contributed by atoms with Gasteiger partial charge in [0, 0.05) is 22.5 Å². The van der Waals surface area contributed by atoms with E-state index in [4.69, 9.17) is 12.2 Å². The fourth-order valence-electron chi connectivity index (χ4n) is 1.55. The molecule has 2 rings (SSSR count). The third-order valence-corrected chi connectivity index (χ3v) is 2.72. The van der Waals surface area contributed by atoms with Crippen molar-refractivity contribution < 1.29 is 17.6 Å². The number of hydrogen-bond donors (Lipinski definition) is 1. The molecular weight excluding hydrogens is 266 g/mol. The molecule has 1 aromatic heterocycles. The Balaban J connectivity index is 2.63. The Bertz CT molecular complexity index is 630. The van der Waals surface area contributed by atoms with Gasteiger partial charge in [0.25, 0.3) is 0 Å². The molecule has 0 radical (unpaired) electrons. The van der Waals surface area contributed by atoms with E-state index in [1.807, 2.05) is 0 Å². The number of aromatic amines is 1. The Hall–Kier alpha value is -1.69. The predicted molar refractivity (Wildman–Crippen MR) is 62.0 cm³/mol. The second kappa shape index (κ2) is 4.53. The van der Waals surface area contributed by atoms with E-state index >= 15 is 0 Å². The number of hydrogen-bond acceptors (Lipinski definition) is 1. The van der Waals surface area contributed by atoms with Gasteiger partial charge < -0.3 is 4.98 Å². The largest absolute Gasteiger partial charge is 0.416 e. The molecule has 6 heteroatoms. The standard InChI is InChI=1S/C12H7F4NS/c13-9-4-7(3-8(5-9)12(14,15)16)10-6-17-2-1-11(10)18/h1-6H,(H,17,18). The number of nitrogens with one attached hydrogen (secondary N) is 1. The van der Waals surface area contributed by atoms with Gasteiger partial charge in [0.2, 0.25) is 0 Å². The molecule has 0 aliphatic heterocycles. The zero-order valence-corrected chi connectivity index (χ0v) is 9.70. The highest BCUT2D eigenvalue weighted by atomic mass is 32.1. The van der Waals surface area contributed by atoms with Gasteiger partial charge in [-0.1, -0.05) is 12.2 Å². The van der Waals surface area contributed by atoms with Crippen molar-refractivity contribution in [3.05, 3.63) is 52.5 Å². The summed E-state index contributed by atoms with van der Waals surface area (Å²) in [6, 6.07) is 3.89. The molecule has 1 N–H and O–H groups in total. The Labute approximate surface area is 105 Å². The Morgan fingerprint density at radius 2 is 1.83 bits per heavy atom. The molecule has 0 aliphatic rings. The molecule has 0 saturated carbocycles. The van der Waals surface area contributed by atoms with Gasteiger partial charge in [0.15, 0.2) is 0 Å². The van der Waals surface area contributed by atoms with E-state index in [9.17, 15) is 17.6 Å². The van der Waals surface area contributed by atoms with Crippen molar-refractivity contribution in [2.24, 2.45) is 0 Å². The third kappa shape index (κ3) is 2.59. The smallest absolute Gasteiger partial charge is 0.367 e. The number of halogens is 4. The zero-order chi connectivity index (χ0) is 13.3. The average molecular weight is 273 g/mol. The summed E-state index contributed by atoms with van der Waals surface area (Å²) in [5, 5.41) is 0. The lowest BCUT2D eigenvalue weighted by Gasteiger charge is -2.09. The predicted octanol–water partition coefficient (Wildman–Crippen LogP) is 4.57. The van der Waals surface area contributed by atoms with Crippen LogP contribution >= 0.6 is 12.2 Å². The molecule has 1 nitrogen and oxygen atoms in total. The second-order valence-electron chi connectivity index (χ2n) is 3.65. The minimum absolute atomic E-state index is 0.101. The molecule has 0 aliphatic carbocycles. The van der Waals surface area contributed by atoms with Crippen molar-refractivity contribution in [1.82, 2.24) is 4.98 Å². The summed E-state index contributed by atoms with van der Waals surface area (Å²) in [4.78, 5) is 2.71. The Kier molecular flexibility index (Phi) is 3.21. The zero-order valence-electron chi connectivity index (χ0n) is 8.88. The van der Waals surface area contributed by atoms with Crippen molar-refractivity contribution in [1.29, 1.82) is 0 Å². The molecule has 1 aromatic carbocycles. The molecular formula is C12H7F4NS. The number of pyridine rings is 1. The van der Waals surface area contributed by atoms with Gasteiger partial charge in [-0.3, -0.25) is 0 Å². The summed E-state index contributed by atoms with van der Waals surface area (Å²) >= 11 is 4.99. The lowest BCUT2D eigenvalue weighted by atomic mass is 10.0. The molecule has 0 unspecified atom stereocenters. The molecule has 18 heavy (non-hydrogen) atoms. The van der Waals surface area contributed by atoms with Crippen LogP contribution in [0.1, 0.15) is 5.56 Å². The minimum Gasteiger partial charge on any atom is -0.367 e. The van der Waals surface area contributed by atoms with Crippen LogP contribution in [0.3, 0.4) is 0 Å². The van der Waals surface area contributed by atoms with E-state index in [1.165, 1.54) is 12.3 Å². The first-order chi connectivity index (χ1) is 8.38. The summed E-state index contributed by atoms with van der Waals surface area (Å²) in [5.41, 5.74) is -0.572. The van der Waals surface area contributed by atoms with Crippen molar-refractivity contribution >= 4 is 12.2 Å². The summed E-state index contributed by atoms with van der Waals surface area (Å²) in [6.07, 6.45) is -1.59.